The van der Waals surface area contributed by atoms with Crippen LogP contribution in [0.2, 0.25) is 0 Å². The highest BCUT2D eigenvalue weighted by molar-refractivity contribution is 5.95. The van der Waals surface area contributed by atoms with Crippen molar-refractivity contribution < 1.29 is 14.3 Å². The molecule has 3 nitrogen and oxygen atoms in total. The van der Waals surface area contributed by atoms with Crippen LogP contribution in [0, 0.1) is 0 Å². The predicted octanol–water partition coefficient (Wildman–Crippen LogP) is 5.15. The normalized spacial score (nSPS) is 13.1. The number of unbranched alkanes of at least 4 members (excludes halogenated alkanes) is 3. The minimum atomic E-state index is -0.703. The van der Waals surface area contributed by atoms with E-state index >= 15 is 0 Å². The maximum atomic E-state index is 11.9. The molecular weight excluding hydrogens is 276 g/mol. The molecular formula is C19H32O3. The highest BCUT2D eigenvalue weighted by Crippen LogP contribution is 2.21. The van der Waals surface area contributed by atoms with Gasteiger partial charge < -0.3 is 4.74 Å². The lowest BCUT2D eigenvalue weighted by atomic mass is 9.99. The minimum absolute atomic E-state index is 0.0307. The molecule has 0 radical (unpaired) electrons. The minimum Gasteiger partial charge on any atom is -0.455 e. The van der Waals surface area contributed by atoms with E-state index in [1.165, 1.54) is 5.57 Å². The third kappa shape index (κ3) is 10.4. The van der Waals surface area contributed by atoms with Crippen LogP contribution in [-0.2, 0) is 14.3 Å². The summed E-state index contributed by atoms with van der Waals surface area (Å²) in [5.74, 6) is -0.475. The summed E-state index contributed by atoms with van der Waals surface area (Å²) in [5, 5.41) is 0. The number of Topliss-reactive ketones (excluding diaryl/α,β-unsaturated/α-hetero) is 1. The number of carbonyl (C=O) groups is 2. The number of esters is 1. The maximum absolute atomic E-state index is 11.9. The fourth-order valence-electron chi connectivity index (χ4n) is 2.14. The Balaban J connectivity index is 4.21. The van der Waals surface area contributed by atoms with Crippen molar-refractivity contribution in [2.75, 3.05) is 0 Å². The van der Waals surface area contributed by atoms with Crippen LogP contribution >= 0.6 is 0 Å². The first-order valence-electron chi connectivity index (χ1n) is 8.33. The second kappa shape index (κ2) is 11.2. The van der Waals surface area contributed by atoms with Gasteiger partial charge in [-0.3, -0.25) is 9.59 Å². The summed E-state index contributed by atoms with van der Waals surface area (Å²) in [6.45, 7) is 11.8. The van der Waals surface area contributed by atoms with E-state index in [9.17, 15) is 9.59 Å². The van der Waals surface area contributed by atoms with Gasteiger partial charge in [0.25, 0.3) is 0 Å². The van der Waals surface area contributed by atoms with Gasteiger partial charge in [-0.1, -0.05) is 44.4 Å². The van der Waals surface area contributed by atoms with Gasteiger partial charge in [-0.2, -0.15) is 0 Å². The van der Waals surface area contributed by atoms with Crippen LogP contribution in [0.15, 0.2) is 24.3 Å². The standard InChI is InChI=1S/C19H32O3/c1-6-8-9-10-13-17(20)15-18(21)22-19(5,7-2)14-11-12-16(3)4/h7,12H,2,6,8-11,13-15H2,1,3-5H3. The van der Waals surface area contributed by atoms with E-state index in [1.807, 2.05) is 20.8 Å². The molecule has 0 aromatic carbocycles. The summed E-state index contributed by atoms with van der Waals surface area (Å²) >= 11 is 0. The van der Waals surface area contributed by atoms with Crippen LogP contribution in [-0.4, -0.2) is 17.4 Å². The molecule has 0 aromatic rings. The molecule has 126 valence electrons. The lowest BCUT2D eigenvalue weighted by Crippen LogP contribution is -2.30. The van der Waals surface area contributed by atoms with Gasteiger partial charge in [-0.15, -0.1) is 0 Å². The Morgan fingerprint density at radius 2 is 1.86 bits per heavy atom. The third-order valence-corrected chi connectivity index (χ3v) is 3.62. The number of allylic oxidation sites excluding steroid dienone is 2. The molecule has 1 unspecified atom stereocenters. The number of ether oxygens (including phenoxy) is 1. The topological polar surface area (TPSA) is 43.4 Å². The molecule has 0 fully saturated rings. The van der Waals surface area contributed by atoms with Crippen molar-refractivity contribution in [3.63, 3.8) is 0 Å². The van der Waals surface area contributed by atoms with Gasteiger partial charge in [0.2, 0.25) is 0 Å². The Kier molecular flexibility index (Phi) is 10.5. The van der Waals surface area contributed by atoms with E-state index in [4.69, 9.17) is 4.74 Å². The van der Waals surface area contributed by atoms with Crippen LogP contribution in [0.5, 0.6) is 0 Å². The molecule has 0 N–H and O–H groups in total. The second-order valence-corrected chi connectivity index (χ2v) is 6.34. The number of hydrogen-bond donors (Lipinski definition) is 0. The predicted molar refractivity (Wildman–Crippen MR) is 91.7 cm³/mol. The first-order chi connectivity index (χ1) is 10.3. The van der Waals surface area contributed by atoms with E-state index < -0.39 is 11.6 Å². The van der Waals surface area contributed by atoms with Gasteiger partial charge in [0.15, 0.2) is 0 Å². The summed E-state index contributed by atoms with van der Waals surface area (Å²) in [6.07, 6.45) is 9.78. The number of rotatable bonds is 12. The molecule has 22 heavy (non-hydrogen) atoms. The largest absolute Gasteiger partial charge is 0.455 e. The summed E-state index contributed by atoms with van der Waals surface area (Å²) < 4.78 is 5.46. The Morgan fingerprint density at radius 1 is 1.18 bits per heavy atom. The molecule has 0 aliphatic rings. The number of hydrogen-bond acceptors (Lipinski definition) is 3. The van der Waals surface area contributed by atoms with Crippen LogP contribution in [0.25, 0.3) is 0 Å². The Labute approximate surface area is 135 Å². The Morgan fingerprint density at radius 3 is 2.41 bits per heavy atom. The zero-order chi connectivity index (χ0) is 17.0. The molecule has 0 heterocycles. The summed E-state index contributed by atoms with van der Waals surface area (Å²) in [6, 6.07) is 0. The van der Waals surface area contributed by atoms with Crippen molar-refractivity contribution in [2.45, 2.75) is 84.7 Å². The molecule has 0 saturated carbocycles. The summed E-state index contributed by atoms with van der Waals surface area (Å²) in [7, 11) is 0. The van der Waals surface area contributed by atoms with Crippen molar-refractivity contribution in [3.8, 4) is 0 Å². The van der Waals surface area contributed by atoms with E-state index in [-0.39, 0.29) is 12.2 Å². The lowest BCUT2D eigenvalue weighted by molar-refractivity contribution is -0.155. The van der Waals surface area contributed by atoms with E-state index in [1.54, 1.807) is 6.08 Å². The smallest absolute Gasteiger partial charge is 0.314 e. The van der Waals surface area contributed by atoms with E-state index in [0.29, 0.717) is 12.8 Å². The van der Waals surface area contributed by atoms with Gasteiger partial charge in [0.05, 0.1) is 0 Å². The Hall–Kier alpha value is -1.38. The lowest BCUT2D eigenvalue weighted by Gasteiger charge is -2.25. The first kappa shape index (κ1) is 20.6. The fourth-order valence-corrected chi connectivity index (χ4v) is 2.14. The third-order valence-electron chi connectivity index (χ3n) is 3.62. The summed E-state index contributed by atoms with van der Waals surface area (Å²) in [5.41, 5.74) is 0.533. The SMILES string of the molecule is C=CC(C)(CCC=C(C)C)OC(=O)CC(=O)CCCCCC. The van der Waals surface area contributed by atoms with Crippen molar-refractivity contribution in [1.82, 2.24) is 0 Å². The first-order valence-corrected chi connectivity index (χ1v) is 8.33. The van der Waals surface area contributed by atoms with Crippen LogP contribution in [0.1, 0.15) is 79.1 Å². The van der Waals surface area contributed by atoms with Crippen LogP contribution in [0.4, 0.5) is 0 Å². The van der Waals surface area contributed by atoms with Gasteiger partial charge in [0, 0.05) is 6.42 Å². The number of ketones is 1. The van der Waals surface area contributed by atoms with Gasteiger partial charge in [-0.25, -0.2) is 0 Å². The molecule has 0 bridgehead atoms. The fraction of sp³-hybridized carbons (Fsp3) is 0.684. The average Bonchev–Trinajstić information content (AvgIpc) is 2.43. The van der Waals surface area contributed by atoms with E-state index in [0.717, 1.165) is 32.1 Å². The molecule has 0 saturated heterocycles. The van der Waals surface area contributed by atoms with E-state index in [2.05, 4.69) is 19.6 Å². The molecule has 0 amide bonds. The summed E-state index contributed by atoms with van der Waals surface area (Å²) in [4.78, 5) is 23.7. The van der Waals surface area contributed by atoms with Gasteiger partial charge >= 0.3 is 5.97 Å². The van der Waals surface area contributed by atoms with Crippen molar-refractivity contribution in [2.24, 2.45) is 0 Å². The Bertz CT molecular complexity index is 391. The average molecular weight is 308 g/mol. The van der Waals surface area contributed by atoms with Gasteiger partial charge in [-0.05, 0) is 46.1 Å². The quantitative estimate of drug-likeness (QED) is 0.217. The van der Waals surface area contributed by atoms with Gasteiger partial charge in [0.1, 0.15) is 17.8 Å². The van der Waals surface area contributed by atoms with Crippen molar-refractivity contribution >= 4 is 11.8 Å². The van der Waals surface area contributed by atoms with Crippen molar-refractivity contribution in [1.29, 1.82) is 0 Å². The number of carbonyl (C=O) groups excluding carboxylic acids is 2. The zero-order valence-electron chi connectivity index (χ0n) is 14.7. The van der Waals surface area contributed by atoms with Crippen molar-refractivity contribution in [3.05, 3.63) is 24.3 Å². The van der Waals surface area contributed by atoms with Crippen LogP contribution in [0.3, 0.4) is 0 Å². The zero-order valence-corrected chi connectivity index (χ0v) is 14.7. The highest BCUT2D eigenvalue weighted by atomic mass is 16.6. The maximum Gasteiger partial charge on any atom is 0.314 e. The molecule has 0 aromatic heterocycles. The molecule has 0 rings (SSSR count). The molecule has 3 heteroatoms. The molecule has 1 atom stereocenters. The monoisotopic (exact) mass is 308 g/mol. The molecule has 0 aliphatic carbocycles. The second-order valence-electron chi connectivity index (χ2n) is 6.34. The highest BCUT2D eigenvalue weighted by Gasteiger charge is 2.25. The van der Waals surface area contributed by atoms with Crippen LogP contribution < -0.4 is 0 Å². The molecule has 0 aliphatic heterocycles. The molecule has 0 spiro atoms.